The molecule has 0 aliphatic heterocycles. The third-order valence-corrected chi connectivity index (χ3v) is 2.01. The molecule has 0 fully saturated rings. The van der Waals surface area contributed by atoms with E-state index in [0.29, 0.717) is 12.1 Å². The van der Waals surface area contributed by atoms with Gasteiger partial charge < -0.3 is 4.74 Å². The molecule has 14 heavy (non-hydrogen) atoms. The summed E-state index contributed by atoms with van der Waals surface area (Å²) in [6.45, 7) is 4.29. The molecule has 0 N–H and O–H groups in total. The summed E-state index contributed by atoms with van der Waals surface area (Å²) in [5.41, 5.74) is 1.67. The SMILES string of the molecule is COC(=O)C(C)=CCn1nccc1C. The zero-order valence-corrected chi connectivity index (χ0v) is 8.65. The van der Waals surface area contributed by atoms with Crippen LogP contribution in [0.2, 0.25) is 0 Å². The maximum Gasteiger partial charge on any atom is 0.333 e. The molecule has 1 aromatic heterocycles. The number of hydrogen-bond donors (Lipinski definition) is 0. The Morgan fingerprint density at radius 1 is 1.71 bits per heavy atom. The number of carbonyl (C=O) groups excluding carboxylic acids is 1. The molecule has 0 saturated heterocycles. The molecule has 0 spiro atoms. The Labute approximate surface area is 83.2 Å². The smallest absolute Gasteiger partial charge is 0.333 e. The van der Waals surface area contributed by atoms with Crippen LogP contribution in [0, 0.1) is 6.92 Å². The lowest BCUT2D eigenvalue weighted by molar-refractivity contribution is -0.136. The van der Waals surface area contributed by atoms with Crippen LogP contribution in [0.15, 0.2) is 23.9 Å². The highest BCUT2D eigenvalue weighted by molar-refractivity contribution is 5.87. The van der Waals surface area contributed by atoms with E-state index in [1.807, 2.05) is 17.7 Å². The van der Waals surface area contributed by atoms with Crippen molar-refractivity contribution in [1.29, 1.82) is 0 Å². The Bertz CT molecular complexity index is 353. The maximum atomic E-state index is 11.0. The molecule has 0 amide bonds. The van der Waals surface area contributed by atoms with Crippen molar-refractivity contribution in [2.75, 3.05) is 7.11 Å². The molecule has 0 aliphatic carbocycles. The first-order valence-electron chi connectivity index (χ1n) is 4.38. The van der Waals surface area contributed by atoms with E-state index in [2.05, 4.69) is 9.84 Å². The fourth-order valence-corrected chi connectivity index (χ4v) is 1.06. The van der Waals surface area contributed by atoms with Crippen molar-refractivity contribution in [2.24, 2.45) is 0 Å². The summed E-state index contributed by atoms with van der Waals surface area (Å²) in [5.74, 6) is -0.296. The second-order valence-corrected chi connectivity index (χ2v) is 3.03. The number of rotatable bonds is 3. The van der Waals surface area contributed by atoms with Crippen molar-refractivity contribution in [2.45, 2.75) is 20.4 Å². The van der Waals surface area contributed by atoms with Crippen LogP contribution in [0.25, 0.3) is 0 Å². The average Bonchev–Trinajstić information content (AvgIpc) is 2.59. The number of aromatic nitrogens is 2. The van der Waals surface area contributed by atoms with E-state index in [9.17, 15) is 4.79 Å². The van der Waals surface area contributed by atoms with Gasteiger partial charge in [0.25, 0.3) is 0 Å². The summed E-state index contributed by atoms with van der Waals surface area (Å²) in [5, 5.41) is 4.09. The third-order valence-electron chi connectivity index (χ3n) is 2.01. The minimum atomic E-state index is -0.296. The highest BCUT2D eigenvalue weighted by Gasteiger charge is 2.02. The quantitative estimate of drug-likeness (QED) is 0.538. The number of aryl methyl sites for hydroxylation is 1. The molecule has 0 aliphatic rings. The van der Waals surface area contributed by atoms with Gasteiger partial charge >= 0.3 is 5.97 Å². The molecule has 1 heterocycles. The molecule has 0 saturated carbocycles. The third kappa shape index (κ3) is 2.45. The average molecular weight is 194 g/mol. The van der Waals surface area contributed by atoms with Crippen molar-refractivity contribution in [1.82, 2.24) is 9.78 Å². The van der Waals surface area contributed by atoms with E-state index in [0.717, 1.165) is 5.69 Å². The van der Waals surface area contributed by atoms with Crippen LogP contribution in [-0.2, 0) is 16.1 Å². The van der Waals surface area contributed by atoms with Crippen molar-refractivity contribution < 1.29 is 9.53 Å². The highest BCUT2D eigenvalue weighted by atomic mass is 16.5. The van der Waals surface area contributed by atoms with Gasteiger partial charge in [-0.1, -0.05) is 6.08 Å². The molecular formula is C10H14N2O2. The van der Waals surface area contributed by atoms with Gasteiger partial charge in [-0.2, -0.15) is 5.10 Å². The summed E-state index contributed by atoms with van der Waals surface area (Å²) in [7, 11) is 1.37. The molecule has 0 bridgehead atoms. The van der Waals surface area contributed by atoms with Crippen LogP contribution in [-0.4, -0.2) is 22.9 Å². The summed E-state index contributed by atoms with van der Waals surface area (Å²) in [4.78, 5) is 11.0. The van der Waals surface area contributed by atoms with Gasteiger partial charge in [0.1, 0.15) is 0 Å². The molecule has 1 rings (SSSR count). The fourth-order valence-electron chi connectivity index (χ4n) is 1.06. The first-order valence-corrected chi connectivity index (χ1v) is 4.38. The van der Waals surface area contributed by atoms with Crippen molar-refractivity contribution >= 4 is 5.97 Å². The van der Waals surface area contributed by atoms with Crippen molar-refractivity contribution in [3.8, 4) is 0 Å². The fraction of sp³-hybridized carbons (Fsp3) is 0.400. The van der Waals surface area contributed by atoms with E-state index in [-0.39, 0.29) is 5.97 Å². The zero-order valence-electron chi connectivity index (χ0n) is 8.65. The monoisotopic (exact) mass is 194 g/mol. The molecule has 0 aromatic carbocycles. The van der Waals surface area contributed by atoms with Gasteiger partial charge in [0.2, 0.25) is 0 Å². The number of esters is 1. The Morgan fingerprint density at radius 2 is 2.43 bits per heavy atom. The van der Waals surface area contributed by atoms with E-state index >= 15 is 0 Å². The first kappa shape index (κ1) is 10.5. The van der Waals surface area contributed by atoms with Crippen LogP contribution >= 0.6 is 0 Å². The summed E-state index contributed by atoms with van der Waals surface area (Å²) in [6, 6.07) is 1.92. The number of hydrogen-bond acceptors (Lipinski definition) is 3. The molecule has 4 nitrogen and oxygen atoms in total. The lowest BCUT2D eigenvalue weighted by Crippen LogP contribution is -2.05. The molecule has 0 unspecified atom stereocenters. The lowest BCUT2D eigenvalue weighted by Gasteiger charge is -2.01. The Hall–Kier alpha value is -1.58. The number of methoxy groups -OCH3 is 1. The molecule has 4 heteroatoms. The van der Waals surface area contributed by atoms with Gasteiger partial charge in [0, 0.05) is 17.5 Å². The van der Waals surface area contributed by atoms with E-state index in [1.54, 1.807) is 19.2 Å². The van der Waals surface area contributed by atoms with E-state index < -0.39 is 0 Å². The van der Waals surface area contributed by atoms with Gasteiger partial charge in [-0.3, -0.25) is 4.68 Å². The number of carbonyl (C=O) groups is 1. The van der Waals surface area contributed by atoms with Crippen LogP contribution in [0.3, 0.4) is 0 Å². The largest absolute Gasteiger partial charge is 0.466 e. The van der Waals surface area contributed by atoms with Crippen LogP contribution in [0.4, 0.5) is 0 Å². The van der Waals surface area contributed by atoms with E-state index in [4.69, 9.17) is 0 Å². The molecule has 1 aromatic rings. The number of allylic oxidation sites excluding steroid dienone is 1. The summed E-state index contributed by atoms with van der Waals surface area (Å²) in [6.07, 6.45) is 3.53. The van der Waals surface area contributed by atoms with Gasteiger partial charge in [-0.05, 0) is 19.9 Å². The predicted octanol–water partition coefficient (Wildman–Crippen LogP) is 1.31. The van der Waals surface area contributed by atoms with E-state index in [1.165, 1.54) is 7.11 Å². The normalized spacial score (nSPS) is 11.5. The topological polar surface area (TPSA) is 44.1 Å². The maximum absolute atomic E-state index is 11.0. The molecule has 0 radical (unpaired) electrons. The number of nitrogens with zero attached hydrogens (tertiary/aromatic N) is 2. The molecule has 76 valence electrons. The van der Waals surface area contributed by atoms with Crippen LogP contribution in [0.1, 0.15) is 12.6 Å². The second kappa shape index (κ2) is 4.60. The standard InChI is InChI=1S/C10H14N2O2/c1-8(10(13)14-3)5-7-12-9(2)4-6-11-12/h4-6H,7H2,1-3H3. The Balaban J connectivity index is 2.63. The number of ether oxygens (including phenoxy) is 1. The summed E-state index contributed by atoms with van der Waals surface area (Å²) >= 11 is 0. The van der Waals surface area contributed by atoms with Crippen LogP contribution in [0.5, 0.6) is 0 Å². The predicted molar refractivity (Wildman–Crippen MR) is 52.7 cm³/mol. The minimum absolute atomic E-state index is 0.296. The van der Waals surface area contributed by atoms with Crippen LogP contribution < -0.4 is 0 Å². The van der Waals surface area contributed by atoms with Crippen molar-refractivity contribution in [3.63, 3.8) is 0 Å². The highest BCUT2D eigenvalue weighted by Crippen LogP contribution is 2.00. The van der Waals surface area contributed by atoms with Gasteiger partial charge in [0.15, 0.2) is 0 Å². The zero-order chi connectivity index (χ0) is 10.6. The first-order chi connectivity index (χ1) is 6.65. The van der Waals surface area contributed by atoms with Gasteiger partial charge in [0.05, 0.1) is 13.7 Å². The Morgan fingerprint density at radius 3 is 2.93 bits per heavy atom. The second-order valence-electron chi connectivity index (χ2n) is 3.03. The van der Waals surface area contributed by atoms with Gasteiger partial charge in [-0.15, -0.1) is 0 Å². The minimum Gasteiger partial charge on any atom is -0.466 e. The van der Waals surface area contributed by atoms with Gasteiger partial charge in [-0.25, -0.2) is 4.79 Å². The summed E-state index contributed by atoms with van der Waals surface area (Å²) < 4.78 is 6.39. The molecule has 0 atom stereocenters. The lowest BCUT2D eigenvalue weighted by atomic mass is 10.3. The molecular weight excluding hydrogens is 180 g/mol. The Kier molecular flexibility index (Phi) is 3.45. The van der Waals surface area contributed by atoms with Crippen molar-refractivity contribution in [3.05, 3.63) is 29.6 Å².